The number of carbonyl (C=O) groups excluding carboxylic acids is 1. The smallest absolute Gasteiger partial charge is 0.223 e. The molecule has 28 heavy (non-hydrogen) atoms. The number of piperidine rings is 1. The molecule has 1 amide bonds. The maximum atomic E-state index is 13.5. The van der Waals surface area contributed by atoms with Crippen LogP contribution in [0.1, 0.15) is 43.0 Å². The van der Waals surface area contributed by atoms with Gasteiger partial charge in [-0.1, -0.05) is 12.1 Å². The normalized spacial score (nSPS) is 21.3. The Hall–Kier alpha value is -2.34. The molecule has 1 saturated heterocycles. The summed E-state index contributed by atoms with van der Waals surface area (Å²) in [6, 6.07) is 9.74. The van der Waals surface area contributed by atoms with Crippen LogP contribution in [0.15, 0.2) is 42.6 Å². The first-order valence-electron chi connectivity index (χ1n) is 9.98. The maximum absolute atomic E-state index is 13.5. The summed E-state index contributed by atoms with van der Waals surface area (Å²) < 4.78 is 26.7. The number of nitrogens with one attached hydrogen (secondary N) is 1. The van der Waals surface area contributed by atoms with E-state index in [-0.39, 0.29) is 23.8 Å². The molecule has 1 aromatic heterocycles. The summed E-state index contributed by atoms with van der Waals surface area (Å²) in [7, 11) is 0. The third kappa shape index (κ3) is 4.55. The van der Waals surface area contributed by atoms with E-state index in [1.165, 1.54) is 12.1 Å². The van der Waals surface area contributed by atoms with Crippen LogP contribution in [0, 0.1) is 23.5 Å². The van der Waals surface area contributed by atoms with Crippen LogP contribution in [0.4, 0.5) is 8.78 Å². The fourth-order valence-corrected chi connectivity index (χ4v) is 4.01. The Labute approximate surface area is 164 Å². The molecule has 1 aromatic carbocycles. The van der Waals surface area contributed by atoms with Gasteiger partial charge in [-0.15, -0.1) is 0 Å². The van der Waals surface area contributed by atoms with Gasteiger partial charge in [0.05, 0.1) is 11.7 Å². The summed E-state index contributed by atoms with van der Waals surface area (Å²) >= 11 is 0. The molecule has 2 atom stereocenters. The Morgan fingerprint density at radius 2 is 2.04 bits per heavy atom. The van der Waals surface area contributed by atoms with E-state index in [2.05, 4.69) is 15.2 Å². The topological polar surface area (TPSA) is 45.2 Å². The first-order valence-corrected chi connectivity index (χ1v) is 9.98. The molecule has 1 aliphatic heterocycles. The minimum absolute atomic E-state index is 0.119. The molecule has 2 heterocycles. The number of hydrogen-bond donors (Lipinski definition) is 1. The van der Waals surface area contributed by atoms with E-state index >= 15 is 0 Å². The highest BCUT2D eigenvalue weighted by Crippen LogP contribution is 2.33. The molecule has 2 unspecified atom stereocenters. The third-order valence-electron chi connectivity index (χ3n) is 5.66. The number of halogens is 2. The second kappa shape index (κ2) is 8.35. The lowest BCUT2D eigenvalue weighted by Gasteiger charge is -2.37. The number of aromatic nitrogens is 1. The number of pyridine rings is 1. The number of hydrogen-bond acceptors (Lipinski definition) is 3. The van der Waals surface area contributed by atoms with Gasteiger partial charge >= 0.3 is 0 Å². The van der Waals surface area contributed by atoms with E-state index in [4.69, 9.17) is 0 Å². The predicted molar refractivity (Wildman–Crippen MR) is 102 cm³/mol. The van der Waals surface area contributed by atoms with Gasteiger partial charge in [-0.2, -0.15) is 0 Å². The summed E-state index contributed by atoms with van der Waals surface area (Å²) in [5, 5.41) is 3.23. The van der Waals surface area contributed by atoms with Crippen molar-refractivity contribution in [2.24, 2.45) is 11.8 Å². The van der Waals surface area contributed by atoms with E-state index < -0.39 is 11.6 Å². The zero-order chi connectivity index (χ0) is 19.5. The van der Waals surface area contributed by atoms with Gasteiger partial charge < -0.3 is 5.32 Å². The molecule has 0 spiro atoms. The van der Waals surface area contributed by atoms with Crippen molar-refractivity contribution in [2.75, 3.05) is 13.1 Å². The van der Waals surface area contributed by atoms with Gasteiger partial charge in [0.25, 0.3) is 0 Å². The van der Waals surface area contributed by atoms with Crippen molar-refractivity contribution in [3.63, 3.8) is 0 Å². The van der Waals surface area contributed by atoms with E-state index in [9.17, 15) is 13.6 Å². The lowest BCUT2D eigenvalue weighted by Crippen LogP contribution is -2.43. The summed E-state index contributed by atoms with van der Waals surface area (Å²) in [5.41, 5.74) is 1.65. The lowest BCUT2D eigenvalue weighted by atomic mass is 9.88. The molecule has 0 bridgehead atoms. The Kier molecular flexibility index (Phi) is 5.67. The highest BCUT2D eigenvalue weighted by atomic mass is 19.2. The van der Waals surface area contributed by atoms with Crippen molar-refractivity contribution in [3.05, 3.63) is 65.5 Å². The van der Waals surface area contributed by atoms with E-state index in [0.717, 1.165) is 50.0 Å². The molecule has 1 N–H and O–H groups in total. The van der Waals surface area contributed by atoms with Crippen LogP contribution in [-0.4, -0.2) is 28.9 Å². The Morgan fingerprint density at radius 1 is 1.18 bits per heavy atom. The Balaban J connectivity index is 1.47. The first kappa shape index (κ1) is 19.0. The minimum Gasteiger partial charge on any atom is -0.347 e. The SMILES string of the molecule is O=C(NC(c1ccccn1)C1CCCN(Cc2ccc(F)c(F)c2)C1)C1CC1. The Bertz CT molecular complexity index is 826. The molecule has 1 saturated carbocycles. The van der Waals surface area contributed by atoms with Crippen LogP contribution in [0.2, 0.25) is 0 Å². The molecule has 4 nitrogen and oxygen atoms in total. The van der Waals surface area contributed by atoms with Crippen LogP contribution in [0.3, 0.4) is 0 Å². The molecule has 1 aliphatic carbocycles. The number of benzene rings is 1. The molecular weight excluding hydrogens is 360 g/mol. The molecular formula is C22H25F2N3O. The van der Waals surface area contributed by atoms with Gasteiger partial charge in [-0.05, 0) is 68.0 Å². The summed E-state index contributed by atoms with van der Waals surface area (Å²) in [6.45, 7) is 2.26. The van der Waals surface area contributed by atoms with Gasteiger partial charge in [-0.3, -0.25) is 14.7 Å². The van der Waals surface area contributed by atoms with Crippen LogP contribution < -0.4 is 5.32 Å². The zero-order valence-corrected chi connectivity index (χ0v) is 15.8. The standard InChI is InChI=1S/C22H25F2N3O/c23-18-9-6-15(12-19(18)24)13-27-11-3-4-17(14-27)21(20-5-1-2-10-25-20)26-22(28)16-7-8-16/h1-2,5-6,9-10,12,16-17,21H,3-4,7-8,11,13-14H2,(H,26,28). The Morgan fingerprint density at radius 3 is 2.75 bits per heavy atom. The molecule has 4 rings (SSSR count). The fourth-order valence-electron chi connectivity index (χ4n) is 4.01. The maximum Gasteiger partial charge on any atom is 0.223 e. The zero-order valence-electron chi connectivity index (χ0n) is 15.8. The second-order valence-corrected chi connectivity index (χ2v) is 7.90. The fraction of sp³-hybridized carbons (Fsp3) is 0.455. The molecule has 6 heteroatoms. The van der Waals surface area contributed by atoms with Crippen molar-refractivity contribution in [1.82, 2.24) is 15.2 Å². The number of nitrogens with zero attached hydrogens (tertiary/aromatic N) is 2. The van der Waals surface area contributed by atoms with Crippen molar-refractivity contribution < 1.29 is 13.6 Å². The summed E-state index contributed by atoms with van der Waals surface area (Å²) in [6.07, 6.45) is 5.69. The summed E-state index contributed by atoms with van der Waals surface area (Å²) in [5.74, 6) is -1.13. The van der Waals surface area contributed by atoms with Crippen molar-refractivity contribution >= 4 is 5.91 Å². The van der Waals surface area contributed by atoms with Gasteiger partial charge in [0, 0.05) is 25.2 Å². The van der Waals surface area contributed by atoms with E-state index in [1.54, 1.807) is 12.3 Å². The molecule has 2 aromatic rings. The number of amides is 1. The van der Waals surface area contributed by atoms with Gasteiger partial charge in [0.15, 0.2) is 11.6 Å². The lowest BCUT2D eigenvalue weighted by molar-refractivity contribution is -0.123. The average Bonchev–Trinajstić information content (AvgIpc) is 3.55. The quantitative estimate of drug-likeness (QED) is 0.822. The van der Waals surface area contributed by atoms with Crippen LogP contribution >= 0.6 is 0 Å². The predicted octanol–water partition coefficient (Wildman–Crippen LogP) is 3.84. The molecule has 2 fully saturated rings. The van der Waals surface area contributed by atoms with Crippen LogP contribution in [-0.2, 0) is 11.3 Å². The molecule has 2 aliphatic rings. The summed E-state index contributed by atoms with van der Waals surface area (Å²) in [4.78, 5) is 19.2. The van der Waals surface area contributed by atoms with Crippen molar-refractivity contribution in [1.29, 1.82) is 0 Å². The molecule has 148 valence electrons. The van der Waals surface area contributed by atoms with Gasteiger partial charge in [0.2, 0.25) is 5.91 Å². The molecule has 0 radical (unpaired) electrons. The minimum atomic E-state index is -0.821. The largest absolute Gasteiger partial charge is 0.347 e. The van der Waals surface area contributed by atoms with Gasteiger partial charge in [0.1, 0.15) is 0 Å². The second-order valence-electron chi connectivity index (χ2n) is 7.90. The first-order chi connectivity index (χ1) is 13.6. The number of rotatable bonds is 6. The average molecular weight is 385 g/mol. The van der Waals surface area contributed by atoms with Crippen molar-refractivity contribution in [2.45, 2.75) is 38.3 Å². The highest BCUT2D eigenvalue weighted by molar-refractivity contribution is 5.81. The van der Waals surface area contributed by atoms with Crippen molar-refractivity contribution in [3.8, 4) is 0 Å². The van der Waals surface area contributed by atoms with E-state index in [0.29, 0.717) is 6.54 Å². The van der Waals surface area contributed by atoms with Gasteiger partial charge in [-0.25, -0.2) is 8.78 Å². The van der Waals surface area contributed by atoms with Crippen LogP contribution in [0.5, 0.6) is 0 Å². The number of carbonyl (C=O) groups is 1. The monoisotopic (exact) mass is 385 g/mol. The highest BCUT2D eigenvalue weighted by Gasteiger charge is 2.35. The van der Waals surface area contributed by atoms with Crippen LogP contribution in [0.25, 0.3) is 0 Å². The number of likely N-dealkylation sites (tertiary alicyclic amines) is 1. The third-order valence-corrected chi connectivity index (χ3v) is 5.66. The van der Waals surface area contributed by atoms with E-state index in [1.807, 2.05) is 18.2 Å².